The Kier molecular flexibility index (Phi) is 5.50. The minimum Gasteiger partial charge on any atom is -0.392 e. The van der Waals surface area contributed by atoms with Crippen LogP contribution in [0.4, 0.5) is 4.39 Å². The summed E-state index contributed by atoms with van der Waals surface area (Å²) in [6.07, 6.45) is -2.00. The van der Waals surface area contributed by atoms with Crippen molar-refractivity contribution >= 4 is 0 Å². The van der Waals surface area contributed by atoms with Gasteiger partial charge in [-0.3, -0.25) is 0 Å². The Morgan fingerprint density at radius 1 is 1.35 bits per heavy atom. The van der Waals surface area contributed by atoms with E-state index in [4.69, 9.17) is 5.11 Å². The maximum atomic E-state index is 13.5. The molecule has 0 spiro atoms. The van der Waals surface area contributed by atoms with Crippen molar-refractivity contribution in [2.75, 3.05) is 13.6 Å². The van der Waals surface area contributed by atoms with Crippen molar-refractivity contribution in [3.63, 3.8) is 0 Å². The molecule has 5 heteroatoms. The van der Waals surface area contributed by atoms with E-state index < -0.39 is 18.0 Å². The molecule has 4 N–H and O–H groups in total. The smallest absolute Gasteiger partial charge is 0.129 e. The molecule has 0 aromatic heterocycles. The number of rotatable bonds is 6. The quantitative estimate of drug-likeness (QED) is 0.580. The summed E-state index contributed by atoms with van der Waals surface area (Å²) in [5.74, 6) is -0.585. The maximum absolute atomic E-state index is 13.5. The van der Waals surface area contributed by atoms with Gasteiger partial charge in [0.05, 0.1) is 12.7 Å². The molecule has 96 valence electrons. The highest BCUT2D eigenvalue weighted by Crippen LogP contribution is 2.23. The summed E-state index contributed by atoms with van der Waals surface area (Å²) in [5, 5.41) is 31.3. The van der Waals surface area contributed by atoms with E-state index in [0.717, 1.165) is 0 Å². The Morgan fingerprint density at radius 3 is 2.65 bits per heavy atom. The van der Waals surface area contributed by atoms with E-state index in [9.17, 15) is 14.6 Å². The minimum atomic E-state index is -1.28. The molecule has 1 rings (SSSR count). The van der Waals surface area contributed by atoms with E-state index in [1.54, 1.807) is 7.05 Å². The molecule has 0 aliphatic heterocycles. The summed E-state index contributed by atoms with van der Waals surface area (Å²) < 4.78 is 13.5. The molecule has 0 saturated carbocycles. The van der Waals surface area contributed by atoms with Gasteiger partial charge in [-0.05, 0) is 37.7 Å². The van der Waals surface area contributed by atoms with Crippen molar-refractivity contribution in [2.45, 2.75) is 25.2 Å². The molecule has 17 heavy (non-hydrogen) atoms. The van der Waals surface area contributed by atoms with Gasteiger partial charge in [0.15, 0.2) is 0 Å². The van der Waals surface area contributed by atoms with E-state index in [1.165, 1.54) is 18.2 Å². The zero-order valence-corrected chi connectivity index (χ0v) is 9.73. The fourth-order valence-corrected chi connectivity index (χ4v) is 1.58. The van der Waals surface area contributed by atoms with Crippen molar-refractivity contribution in [1.29, 1.82) is 0 Å². The number of aliphatic hydroxyl groups is 3. The molecule has 0 aliphatic carbocycles. The van der Waals surface area contributed by atoms with Crippen molar-refractivity contribution in [3.8, 4) is 0 Å². The zero-order valence-electron chi connectivity index (χ0n) is 9.73. The van der Waals surface area contributed by atoms with Gasteiger partial charge in [-0.15, -0.1) is 0 Å². The summed E-state index contributed by atoms with van der Waals surface area (Å²) in [5.41, 5.74) is 0.515. The average molecular weight is 243 g/mol. The lowest BCUT2D eigenvalue weighted by molar-refractivity contribution is 0.0119. The Bertz CT molecular complexity index is 360. The van der Waals surface area contributed by atoms with E-state index in [2.05, 4.69) is 5.32 Å². The molecule has 0 aliphatic rings. The van der Waals surface area contributed by atoms with Crippen LogP contribution in [0.1, 0.15) is 23.7 Å². The molecule has 0 heterocycles. The zero-order chi connectivity index (χ0) is 12.8. The molecule has 0 fully saturated rings. The first-order valence-electron chi connectivity index (χ1n) is 5.50. The van der Waals surface area contributed by atoms with Gasteiger partial charge in [0.2, 0.25) is 0 Å². The predicted molar refractivity (Wildman–Crippen MR) is 61.8 cm³/mol. The number of benzene rings is 1. The van der Waals surface area contributed by atoms with Crippen LogP contribution in [0.5, 0.6) is 0 Å². The van der Waals surface area contributed by atoms with Gasteiger partial charge in [-0.25, -0.2) is 4.39 Å². The maximum Gasteiger partial charge on any atom is 0.129 e. The Labute approximate surface area is 99.7 Å². The van der Waals surface area contributed by atoms with Crippen molar-refractivity contribution < 1.29 is 19.7 Å². The fraction of sp³-hybridized carbons (Fsp3) is 0.500. The molecule has 0 saturated heterocycles. The summed E-state index contributed by atoms with van der Waals surface area (Å²) >= 11 is 0. The van der Waals surface area contributed by atoms with Gasteiger partial charge in [0.25, 0.3) is 0 Å². The lowest BCUT2D eigenvalue weighted by Crippen LogP contribution is -2.24. The second kappa shape index (κ2) is 6.66. The molecule has 4 nitrogen and oxygen atoms in total. The van der Waals surface area contributed by atoms with Crippen LogP contribution < -0.4 is 5.32 Å². The standard InChI is InChI=1S/C12H18FNO3/c1-14-5-4-11(16)12(17)9-6-8(7-15)2-3-10(9)13/h2-3,6,11-12,14-17H,4-5,7H2,1H3. The van der Waals surface area contributed by atoms with Gasteiger partial charge in [-0.2, -0.15) is 0 Å². The van der Waals surface area contributed by atoms with E-state index in [1.807, 2.05) is 0 Å². The summed E-state index contributed by atoms with van der Waals surface area (Å²) in [6, 6.07) is 3.98. The lowest BCUT2D eigenvalue weighted by Gasteiger charge is -2.19. The van der Waals surface area contributed by atoms with Crippen LogP contribution in [0.3, 0.4) is 0 Å². The van der Waals surface area contributed by atoms with Crippen molar-refractivity contribution in [2.24, 2.45) is 0 Å². The van der Waals surface area contributed by atoms with Crippen LogP contribution in [-0.4, -0.2) is 35.0 Å². The molecule has 0 bridgehead atoms. The van der Waals surface area contributed by atoms with Gasteiger partial charge < -0.3 is 20.6 Å². The second-order valence-corrected chi connectivity index (χ2v) is 3.92. The molecule has 2 unspecified atom stereocenters. The number of nitrogens with one attached hydrogen (secondary N) is 1. The largest absolute Gasteiger partial charge is 0.392 e. The van der Waals surface area contributed by atoms with E-state index in [-0.39, 0.29) is 12.2 Å². The lowest BCUT2D eigenvalue weighted by atomic mass is 9.99. The van der Waals surface area contributed by atoms with Gasteiger partial charge in [0.1, 0.15) is 11.9 Å². The third-order valence-corrected chi connectivity index (χ3v) is 2.62. The predicted octanol–water partition coefficient (Wildman–Crippen LogP) is 0.322. The van der Waals surface area contributed by atoms with Crippen LogP contribution >= 0.6 is 0 Å². The molecule has 0 amide bonds. The highest BCUT2D eigenvalue weighted by molar-refractivity contribution is 5.27. The van der Waals surface area contributed by atoms with Crippen LogP contribution in [0.15, 0.2) is 18.2 Å². The van der Waals surface area contributed by atoms with Gasteiger partial charge >= 0.3 is 0 Å². The average Bonchev–Trinajstić information content (AvgIpc) is 2.35. The first-order valence-corrected chi connectivity index (χ1v) is 5.50. The number of halogens is 1. The second-order valence-electron chi connectivity index (χ2n) is 3.92. The van der Waals surface area contributed by atoms with E-state index >= 15 is 0 Å². The number of aliphatic hydroxyl groups excluding tert-OH is 3. The molecule has 2 atom stereocenters. The van der Waals surface area contributed by atoms with Crippen LogP contribution in [-0.2, 0) is 6.61 Å². The van der Waals surface area contributed by atoms with Crippen molar-refractivity contribution in [3.05, 3.63) is 35.1 Å². The highest BCUT2D eigenvalue weighted by atomic mass is 19.1. The molecule has 1 aromatic carbocycles. The summed E-state index contributed by atoms with van der Waals surface area (Å²) in [7, 11) is 1.73. The van der Waals surface area contributed by atoms with Crippen LogP contribution in [0.25, 0.3) is 0 Å². The third kappa shape index (κ3) is 3.74. The Hall–Kier alpha value is -1.01. The Balaban J connectivity index is 2.82. The SMILES string of the molecule is CNCCC(O)C(O)c1cc(CO)ccc1F. The normalized spacial score (nSPS) is 14.6. The van der Waals surface area contributed by atoms with Gasteiger partial charge in [0, 0.05) is 5.56 Å². The van der Waals surface area contributed by atoms with Crippen LogP contribution in [0, 0.1) is 5.82 Å². The highest BCUT2D eigenvalue weighted by Gasteiger charge is 2.21. The molecule has 0 radical (unpaired) electrons. The molecular formula is C12H18FNO3. The topological polar surface area (TPSA) is 72.7 Å². The molecular weight excluding hydrogens is 225 g/mol. The number of hydrogen-bond acceptors (Lipinski definition) is 4. The fourth-order valence-electron chi connectivity index (χ4n) is 1.58. The monoisotopic (exact) mass is 243 g/mol. The first kappa shape index (κ1) is 14.1. The summed E-state index contributed by atoms with van der Waals surface area (Å²) in [4.78, 5) is 0. The first-order chi connectivity index (χ1) is 8.10. The van der Waals surface area contributed by atoms with Crippen molar-refractivity contribution in [1.82, 2.24) is 5.32 Å². The minimum absolute atomic E-state index is 0.0140. The van der Waals surface area contributed by atoms with E-state index in [0.29, 0.717) is 18.5 Å². The Morgan fingerprint density at radius 2 is 2.06 bits per heavy atom. The summed E-state index contributed by atoms with van der Waals surface area (Å²) in [6.45, 7) is 0.298. The van der Waals surface area contributed by atoms with Gasteiger partial charge in [-0.1, -0.05) is 6.07 Å². The molecule has 1 aromatic rings. The van der Waals surface area contributed by atoms with Crippen LogP contribution in [0.2, 0.25) is 0 Å². The number of hydrogen-bond donors (Lipinski definition) is 4. The third-order valence-electron chi connectivity index (χ3n) is 2.62.